The molecule has 0 atom stereocenters. The number of amidine groups is 1. The second-order valence-electron chi connectivity index (χ2n) is 6.92. The molecule has 0 radical (unpaired) electrons. The van der Waals surface area contributed by atoms with Gasteiger partial charge in [-0.1, -0.05) is 30.3 Å². The summed E-state index contributed by atoms with van der Waals surface area (Å²) >= 11 is 5.83. The van der Waals surface area contributed by atoms with Gasteiger partial charge in [-0.15, -0.1) is 0 Å². The van der Waals surface area contributed by atoms with Crippen molar-refractivity contribution in [1.29, 1.82) is 0 Å². The minimum Gasteiger partial charge on any atom is -0.366 e. The number of allylic oxidation sites excluding steroid dienone is 2. The summed E-state index contributed by atoms with van der Waals surface area (Å²) in [4.78, 5) is 20.2. The van der Waals surface area contributed by atoms with E-state index in [1.165, 1.54) is 19.3 Å². The van der Waals surface area contributed by atoms with Gasteiger partial charge < -0.3 is 10.3 Å². The average molecular weight is 492 g/mol. The first-order valence-corrected chi connectivity index (χ1v) is 12.1. The van der Waals surface area contributed by atoms with Gasteiger partial charge in [-0.3, -0.25) is 9.30 Å². The Balaban J connectivity index is 1.87. The topological polar surface area (TPSA) is 116 Å². The van der Waals surface area contributed by atoms with Crippen LogP contribution in [0.2, 0.25) is 5.02 Å². The van der Waals surface area contributed by atoms with E-state index in [2.05, 4.69) is 36.8 Å². The minimum absolute atomic E-state index is 0.0259. The van der Waals surface area contributed by atoms with Crippen LogP contribution < -0.4 is 5.32 Å². The summed E-state index contributed by atoms with van der Waals surface area (Å²) in [7, 11) is -2.07. The number of H-pyrrole nitrogens is 1. The zero-order valence-corrected chi connectivity index (χ0v) is 19.9. The molecule has 2 aromatic heterocycles. The molecule has 174 valence electrons. The van der Waals surface area contributed by atoms with Crippen molar-refractivity contribution >= 4 is 44.3 Å². The molecule has 0 spiro atoms. The fraction of sp³-hybridized carbons (Fsp3) is 0.238. The van der Waals surface area contributed by atoms with Crippen LogP contribution in [-0.2, 0) is 10.0 Å². The number of sulfonamides is 1. The van der Waals surface area contributed by atoms with Crippen molar-refractivity contribution < 1.29 is 12.8 Å². The van der Waals surface area contributed by atoms with Gasteiger partial charge >= 0.3 is 0 Å². The van der Waals surface area contributed by atoms with Crippen molar-refractivity contribution in [2.45, 2.75) is 6.92 Å². The van der Waals surface area contributed by atoms with Crippen LogP contribution in [0.1, 0.15) is 6.92 Å². The van der Waals surface area contributed by atoms with E-state index in [1.807, 2.05) is 6.92 Å². The van der Waals surface area contributed by atoms with Crippen LogP contribution in [0.15, 0.2) is 53.7 Å². The number of hydrogen-bond acceptors (Lipinski definition) is 7. The highest BCUT2D eigenvalue weighted by Crippen LogP contribution is 2.25. The number of aliphatic imine (C=N–C) groups is 1. The molecule has 0 saturated heterocycles. The molecule has 0 fully saturated rings. The summed E-state index contributed by atoms with van der Waals surface area (Å²) in [5, 5.41) is 3.11. The number of anilines is 1. The smallest absolute Gasteiger partial charge is 0.233 e. The predicted octanol–water partition coefficient (Wildman–Crippen LogP) is 3.65. The van der Waals surface area contributed by atoms with Gasteiger partial charge in [0, 0.05) is 31.9 Å². The summed E-state index contributed by atoms with van der Waals surface area (Å²) in [5.74, 6) is 0.652. The van der Waals surface area contributed by atoms with Crippen molar-refractivity contribution in [1.82, 2.24) is 24.2 Å². The van der Waals surface area contributed by atoms with Crippen molar-refractivity contribution in [3.05, 3.63) is 59.5 Å². The molecule has 3 aromatic rings. The van der Waals surface area contributed by atoms with Crippen LogP contribution in [-0.4, -0.2) is 64.9 Å². The molecule has 1 aromatic carbocycles. The van der Waals surface area contributed by atoms with Gasteiger partial charge in [-0.05, 0) is 25.1 Å². The van der Waals surface area contributed by atoms with E-state index >= 15 is 0 Å². The van der Waals surface area contributed by atoms with Gasteiger partial charge in [-0.25, -0.2) is 27.8 Å². The van der Waals surface area contributed by atoms with Crippen LogP contribution in [0.3, 0.4) is 0 Å². The summed E-state index contributed by atoms with van der Waals surface area (Å²) in [6, 6.07) is 4.71. The van der Waals surface area contributed by atoms with Gasteiger partial charge in [0.15, 0.2) is 17.5 Å². The maximum absolute atomic E-state index is 14.2. The molecule has 2 heterocycles. The molecule has 0 aliphatic rings. The maximum atomic E-state index is 14.2. The van der Waals surface area contributed by atoms with Crippen LogP contribution in [0.4, 0.5) is 10.2 Å². The lowest BCUT2D eigenvalue weighted by atomic mass is 10.2. The zero-order valence-electron chi connectivity index (χ0n) is 18.3. The van der Waals surface area contributed by atoms with Crippen molar-refractivity contribution in [2.24, 2.45) is 4.99 Å². The number of nitrogens with zero attached hydrogens (tertiary/aromatic N) is 5. The van der Waals surface area contributed by atoms with E-state index in [-0.39, 0.29) is 28.7 Å². The minimum atomic E-state index is -3.51. The largest absolute Gasteiger partial charge is 0.366 e. The molecule has 0 aliphatic heterocycles. The molecular formula is C21H23ClFN7O2S. The molecule has 33 heavy (non-hydrogen) atoms. The first-order chi connectivity index (χ1) is 15.7. The standard InChI is InChI=1S/C21H23ClFN7O2S/c1-5-7-13(21(24-6-2)30(3)33(4,31)32)12-26-16-10-11-25-19(28-16)20-27-15-9-8-14(22)17(23)18(15)29-20/h5,7-11H,1,6,12H2,2-4H3,(H,27,29)(H,25,26,28)/b13-7-,24-21?. The van der Waals surface area contributed by atoms with Crippen molar-refractivity contribution in [3.8, 4) is 11.6 Å². The Morgan fingerprint density at radius 2 is 2.12 bits per heavy atom. The van der Waals surface area contributed by atoms with Crippen molar-refractivity contribution in [3.63, 3.8) is 0 Å². The molecule has 0 bridgehead atoms. The molecule has 9 nitrogen and oxygen atoms in total. The molecule has 3 rings (SSSR count). The number of imidazole rings is 1. The highest BCUT2D eigenvalue weighted by Gasteiger charge is 2.20. The van der Waals surface area contributed by atoms with Gasteiger partial charge in [-0.2, -0.15) is 0 Å². The number of rotatable bonds is 8. The van der Waals surface area contributed by atoms with E-state index in [9.17, 15) is 12.8 Å². The average Bonchev–Trinajstić information content (AvgIpc) is 3.22. The fourth-order valence-corrected chi connectivity index (χ4v) is 3.59. The summed E-state index contributed by atoms with van der Waals surface area (Å²) in [6.45, 7) is 6.13. The molecule has 2 N–H and O–H groups in total. The summed E-state index contributed by atoms with van der Waals surface area (Å²) < 4.78 is 39.5. The van der Waals surface area contributed by atoms with E-state index in [4.69, 9.17) is 11.6 Å². The second-order valence-corrected chi connectivity index (χ2v) is 9.34. The first kappa shape index (κ1) is 24.3. The zero-order chi connectivity index (χ0) is 24.2. The van der Waals surface area contributed by atoms with Gasteiger partial charge in [0.05, 0.1) is 16.8 Å². The van der Waals surface area contributed by atoms with Crippen LogP contribution >= 0.6 is 11.6 Å². The van der Waals surface area contributed by atoms with Crippen molar-refractivity contribution in [2.75, 3.05) is 31.7 Å². The highest BCUT2D eigenvalue weighted by atomic mass is 35.5. The number of nitrogens with one attached hydrogen (secondary N) is 2. The Bertz CT molecular complexity index is 1350. The van der Waals surface area contributed by atoms with E-state index < -0.39 is 15.8 Å². The van der Waals surface area contributed by atoms with Gasteiger partial charge in [0.25, 0.3) is 0 Å². The number of aromatic nitrogens is 4. The lowest BCUT2D eigenvalue weighted by Crippen LogP contribution is -2.35. The number of aromatic amines is 1. The Labute approximate surface area is 196 Å². The van der Waals surface area contributed by atoms with Crippen LogP contribution in [0.5, 0.6) is 0 Å². The monoisotopic (exact) mass is 491 g/mol. The molecular weight excluding hydrogens is 469 g/mol. The normalized spacial score (nSPS) is 12.8. The second kappa shape index (κ2) is 10.1. The van der Waals surface area contributed by atoms with E-state index in [0.29, 0.717) is 29.3 Å². The van der Waals surface area contributed by atoms with E-state index in [0.717, 1.165) is 10.6 Å². The van der Waals surface area contributed by atoms with Crippen LogP contribution in [0, 0.1) is 5.82 Å². The number of benzene rings is 1. The molecule has 0 aliphatic carbocycles. The number of halogens is 2. The Morgan fingerprint density at radius 1 is 1.36 bits per heavy atom. The lowest BCUT2D eigenvalue weighted by molar-refractivity contribution is 0.558. The molecule has 0 unspecified atom stereocenters. The van der Waals surface area contributed by atoms with E-state index in [1.54, 1.807) is 24.3 Å². The molecule has 0 saturated carbocycles. The third kappa shape index (κ3) is 5.55. The molecule has 12 heteroatoms. The number of hydrogen-bond donors (Lipinski definition) is 2. The first-order valence-electron chi connectivity index (χ1n) is 9.87. The summed E-state index contributed by atoms with van der Waals surface area (Å²) in [6.07, 6.45) is 5.87. The third-order valence-corrected chi connectivity index (χ3v) is 6.04. The number of fused-ring (bicyclic) bond motifs is 1. The fourth-order valence-electron chi connectivity index (χ4n) is 2.95. The quantitative estimate of drug-likeness (QED) is 0.282. The predicted molar refractivity (Wildman–Crippen MR) is 129 cm³/mol. The lowest BCUT2D eigenvalue weighted by Gasteiger charge is -2.21. The molecule has 0 amide bonds. The Morgan fingerprint density at radius 3 is 2.79 bits per heavy atom. The third-order valence-electron chi connectivity index (χ3n) is 4.58. The maximum Gasteiger partial charge on any atom is 0.233 e. The number of likely N-dealkylation sites (N-methyl/N-ethyl adjacent to an activating group) is 1. The van der Waals surface area contributed by atoms with Gasteiger partial charge in [0.2, 0.25) is 10.0 Å². The Hall–Kier alpha value is -3.31. The highest BCUT2D eigenvalue weighted by molar-refractivity contribution is 7.88. The van der Waals surface area contributed by atoms with Gasteiger partial charge in [0.1, 0.15) is 17.2 Å². The summed E-state index contributed by atoms with van der Waals surface area (Å²) in [5.41, 5.74) is 1.16. The Kier molecular flexibility index (Phi) is 7.44. The van der Waals surface area contributed by atoms with Crippen LogP contribution in [0.25, 0.3) is 22.7 Å². The SMILES string of the molecule is C=C/C=C(/CNc1ccnc(-c2nc3c(F)c(Cl)ccc3[nH]2)n1)C(=NCC)N(C)S(C)(=O)=O.